The quantitative estimate of drug-likeness (QED) is 0.710. The third-order valence-electron chi connectivity index (χ3n) is 3.92. The molecule has 1 fully saturated rings. The monoisotopic (exact) mass is 399 g/mol. The normalized spacial score (nSPS) is 41.0. The Balaban J connectivity index is 2.46. The molecule has 2 aliphatic carbocycles. The van der Waals surface area contributed by atoms with Gasteiger partial charge >= 0.3 is 0 Å². The topological polar surface area (TPSA) is 54.6 Å². The van der Waals surface area contributed by atoms with E-state index in [0.717, 1.165) is 4.73 Å². The van der Waals surface area contributed by atoms with Gasteiger partial charge < -0.3 is 15.1 Å². The summed E-state index contributed by atoms with van der Waals surface area (Å²) in [4.78, 5) is 1.50. The fraction of sp³-hybridized carbons (Fsp3) is 0.600. The summed E-state index contributed by atoms with van der Waals surface area (Å²) >= 11 is 38.1. The molecule has 4 atom stereocenters. The summed E-state index contributed by atoms with van der Waals surface area (Å²) in [6.07, 6.45) is 0. The van der Waals surface area contributed by atoms with Crippen LogP contribution in [-0.4, -0.2) is 37.1 Å². The number of nitrogens with zero attached hydrogens (tertiary/aromatic N) is 1. The van der Waals surface area contributed by atoms with Crippen LogP contribution in [-0.2, 0) is 9.75 Å². The maximum Gasteiger partial charge on any atom is 0.234 e. The average molecular weight is 402 g/mol. The molecule has 0 aliphatic heterocycles. The van der Waals surface area contributed by atoms with E-state index in [9.17, 15) is 10.2 Å². The van der Waals surface area contributed by atoms with Crippen molar-refractivity contribution in [3.05, 3.63) is 11.1 Å². The van der Waals surface area contributed by atoms with Crippen LogP contribution in [0.5, 0.6) is 11.8 Å². The first-order chi connectivity index (χ1) is 9.08. The molecule has 10 heteroatoms. The van der Waals surface area contributed by atoms with E-state index in [2.05, 4.69) is 0 Å². The SMILES string of the molecule is COn1c(O)c2c(c1O)C1(Cl)C(Cl)C(Cl)C2(Cl)C1(Cl)Cl. The Morgan fingerprint density at radius 1 is 0.950 bits per heavy atom. The molecule has 4 unspecified atom stereocenters. The number of aromatic nitrogens is 1. The van der Waals surface area contributed by atoms with Crippen LogP contribution in [0.1, 0.15) is 11.1 Å². The highest BCUT2D eigenvalue weighted by Gasteiger charge is 2.83. The van der Waals surface area contributed by atoms with Gasteiger partial charge in [-0.15, -0.1) is 51.1 Å². The lowest BCUT2D eigenvalue weighted by atomic mass is 9.93. The Bertz CT molecular complexity index is 571. The predicted octanol–water partition coefficient (Wildman–Crippen LogP) is 3.24. The number of aromatic hydroxyl groups is 2. The van der Waals surface area contributed by atoms with Crippen LogP contribution in [0.2, 0.25) is 0 Å². The average Bonchev–Trinajstić information content (AvgIpc) is 2.75. The molecule has 112 valence electrons. The molecule has 0 aromatic carbocycles. The number of rotatable bonds is 1. The van der Waals surface area contributed by atoms with Crippen molar-refractivity contribution in [2.75, 3.05) is 7.11 Å². The summed E-state index contributed by atoms with van der Waals surface area (Å²) in [6, 6.07) is 0. The van der Waals surface area contributed by atoms with Crippen molar-refractivity contribution in [2.24, 2.45) is 0 Å². The number of hydrogen-bond acceptors (Lipinski definition) is 3. The minimum Gasteiger partial charge on any atom is -0.492 e. The molecule has 2 aliphatic rings. The van der Waals surface area contributed by atoms with Crippen molar-refractivity contribution in [1.29, 1.82) is 0 Å². The lowest BCUT2D eigenvalue weighted by Crippen LogP contribution is -2.40. The summed E-state index contributed by atoms with van der Waals surface area (Å²) < 4.78 is -1.07. The van der Waals surface area contributed by atoms with E-state index in [-0.39, 0.29) is 11.1 Å². The molecule has 4 nitrogen and oxygen atoms in total. The first kappa shape index (κ1) is 15.3. The summed E-state index contributed by atoms with van der Waals surface area (Å²) in [5.74, 6) is -0.949. The van der Waals surface area contributed by atoms with E-state index in [0.29, 0.717) is 0 Å². The van der Waals surface area contributed by atoms with Gasteiger partial charge in [0.1, 0.15) is 16.9 Å². The second-order valence-electron chi connectivity index (χ2n) is 4.68. The van der Waals surface area contributed by atoms with Crippen LogP contribution in [0.4, 0.5) is 0 Å². The number of fused-ring (bicyclic) bond motifs is 5. The first-order valence-corrected chi connectivity index (χ1v) is 7.72. The van der Waals surface area contributed by atoms with E-state index in [1.54, 1.807) is 0 Å². The fourth-order valence-electron chi connectivity index (χ4n) is 2.99. The van der Waals surface area contributed by atoms with Gasteiger partial charge in [0.15, 0.2) is 4.33 Å². The van der Waals surface area contributed by atoms with Gasteiger partial charge in [-0.2, -0.15) is 0 Å². The van der Waals surface area contributed by atoms with Gasteiger partial charge in [-0.25, -0.2) is 0 Å². The lowest BCUT2D eigenvalue weighted by Gasteiger charge is -2.31. The van der Waals surface area contributed by atoms with Crippen LogP contribution >= 0.6 is 69.6 Å². The molecule has 2 N–H and O–H groups in total. The van der Waals surface area contributed by atoms with Crippen molar-refractivity contribution in [2.45, 2.75) is 24.8 Å². The van der Waals surface area contributed by atoms with E-state index in [1.807, 2.05) is 0 Å². The summed E-state index contributed by atoms with van der Waals surface area (Å²) in [5.41, 5.74) is 0.0471. The first-order valence-electron chi connectivity index (χ1n) is 5.34. The number of hydrogen-bond donors (Lipinski definition) is 2. The van der Waals surface area contributed by atoms with Crippen molar-refractivity contribution in [3.8, 4) is 11.8 Å². The van der Waals surface area contributed by atoms with Crippen LogP contribution in [0.15, 0.2) is 0 Å². The maximum atomic E-state index is 10.2. The molecule has 0 amide bonds. The standard InChI is InChI=1S/C10H7Cl6NO3/c1-20-17-6(18)2-3(7(17)19)9(14)5(12)4(11)8(2,13)10(9,15)16/h4-5,18-19H,1H3. The van der Waals surface area contributed by atoms with Gasteiger partial charge in [-0.1, -0.05) is 23.2 Å². The number of halogens is 6. The Kier molecular flexibility index (Phi) is 3.09. The van der Waals surface area contributed by atoms with Crippen molar-refractivity contribution >= 4 is 69.6 Å². The zero-order valence-electron chi connectivity index (χ0n) is 9.67. The Hall–Kier alpha value is 0.420. The van der Waals surface area contributed by atoms with Gasteiger partial charge in [0.2, 0.25) is 11.8 Å². The fourth-order valence-corrected chi connectivity index (χ4v) is 6.07. The van der Waals surface area contributed by atoms with E-state index in [1.165, 1.54) is 7.11 Å². The smallest absolute Gasteiger partial charge is 0.234 e. The van der Waals surface area contributed by atoms with Crippen LogP contribution in [0.3, 0.4) is 0 Å². The molecule has 1 aromatic heterocycles. The Morgan fingerprint density at radius 3 is 1.60 bits per heavy atom. The van der Waals surface area contributed by atoms with E-state index in [4.69, 9.17) is 74.4 Å². The van der Waals surface area contributed by atoms with Crippen molar-refractivity contribution < 1.29 is 15.1 Å². The van der Waals surface area contributed by atoms with Crippen molar-refractivity contribution in [3.63, 3.8) is 0 Å². The highest BCUT2D eigenvalue weighted by Crippen LogP contribution is 2.79. The maximum absolute atomic E-state index is 10.2. The molecule has 0 radical (unpaired) electrons. The van der Waals surface area contributed by atoms with Crippen LogP contribution in [0, 0.1) is 0 Å². The molecular weight excluding hydrogens is 395 g/mol. The largest absolute Gasteiger partial charge is 0.492 e. The van der Waals surface area contributed by atoms with Crippen molar-refractivity contribution in [1.82, 2.24) is 4.73 Å². The molecule has 20 heavy (non-hydrogen) atoms. The molecular formula is C10H7Cl6NO3. The highest BCUT2D eigenvalue weighted by molar-refractivity contribution is 6.62. The van der Waals surface area contributed by atoms with Gasteiger partial charge in [0.25, 0.3) is 0 Å². The summed E-state index contributed by atoms with van der Waals surface area (Å²) in [6.45, 7) is 0. The third-order valence-corrected chi connectivity index (χ3v) is 8.43. The minimum absolute atomic E-state index is 0.0235. The Labute approximate surface area is 144 Å². The molecule has 2 bridgehead atoms. The third kappa shape index (κ3) is 1.19. The van der Waals surface area contributed by atoms with Gasteiger partial charge in [-0.05, 0) is 0 Å². The molecule has 0 saturated heterocycles. The molecule has 1 heterocycles. The molecule has 3 rings (SSSR count). The molecule has 0 spiro atoms. The predicted molar refractivity (Wildman–Crippen MR) is 79.0 cm³/mol. The second kappa shape index (κ2) is 4.03. The lowest BCUT2D eigenvalue weighted by molar-refractivity contribution is 0.117. The molecule has 1 saturated carbocycles. The molecule has 1 aromatic rings. The van der Waals surface area contributed by atoms with Crippen LogP contribution in [0.25, 0.3) is 0 Å². The summed E-state index contributed by atoms with van der Waals surface area (Å²) in [5, 5.41) is 18.4. The number of alkyl halides is 6. The van der Waals surface area contributed by atoms with Gasteiger partial charge in [0, 0.05) is 0 Å². The van der Waals surface area contributed by atoms with Crippen LogP contribution < -0.4 is 4.84 Å². The zero-order valence-corrected chi connectivity index (χ0v) is 14.2. The van der Waals surface area contributed by atoms with E-state index < -0.39 is 36.6 Å². The summed E-state index contributed by atoms with van der Waals surface area (Å²) in [7, 11) is 1.24. The highest BCUT2D eigenvalue weighted by atomic mass is 35.5. The Morgan fingerprint density at radius 2 is 1.30 bits per heavy atom. The second-order valence-corrected chi connectivity index (χ2v) is 8.14. The zero-order chi connectivity index (χ0) is 15.2. The van der Waals surface area contributed by atoms with Gasteiger partial charge in [-0.3, -0.25) is 0 Å². The van der Waals surface area contributed by atoms with E-state index >= 15 is 0 Å². The minimum atomic E-state index is -1.82. The van der Waals surface area contributed by atoms with Gasteiger partial charge in [0.05, 0.1) is 21.9 Å².